The van der Waals surface area contributed by atoms with E-state index in [1.807, 2.05) is 4.57 Å². The molecule has 0 fully saturated rings. The van der Waals surface area contributed by atoms with Crippen molar-refractivity contribution in [2.45, 2.75) is 13.0 Å². The van der Waals surface area contributed by atoms with Gasteiger partial charge in [-0.25, -0.2) is 18.9 Å². The van der Waals surface area contributed by atoms with Gasteiger partial charge in [0.25, 0.3) is 0 Å². The largest absolute Gasteiger partial charge is 0.329 e. The molecule has 0 N–H and O–H groups in total. The highest BCUT2D eigenvalue weighted by molar-refractivity contribution is 6.31. The molecule has 142 valence electrons. The molecule has 0 saturated carbocycles. The van der Waals surface area contributed by atoms with Gasteiger partial charge < -0.3 is 4.57 Å². The highest BCUT2D eigenvalue weighted by Gasteiger charge is 2.18. The number of carbonyl (C=O) groups excluding carboxylic acids is 1. The van der Waals surface area contributed by atoms with E-state index in [1.54, 1.807) is 24.5 Å². The number of aldehydes is 1. The molecule has 3 heterocycles. The van der Waals surface area contributed by atoms with E-state index in [0.717, 1.165) is 12.1 Å². The van der Waals surface area contributed by atoms with Crippen LogP contribution in [0.2, 0.25) is 5.02 Å². The minimum absolute atomic E-state index is 0.0139. The number of carbonyl (C=O) groups is 1. The third-order valence-electron chi connectivity index (χ3n) is 4.32. The quantitative estimate of drug-likeness (QED) is 0.342. The van der Waals surface area contributed by atoms with Gasteiger partial charge in [-0.15, -0.1) is 11.6 Å². The Kier molecular flexibility index (Phi) is 5.11. The first kappa shape index (κ1) is 18.6. The number of aromatic nitrogens is 5. The summed E-state index contributed by atoms with van der Waals surface area (Å²) < 4.78 is 17.0. The van der Waals surface area contributed by atoms with E-state index in [-0.39, 0.29) is 5.02 Å². The van der Waals surface area contributed by atoms with Gasteiger partial charge in [0.2, 0.25) is 0 Å². The molecule has 0 aliphatic carbocycles. The lowest BCUT2D eigenvalue weighted by atomic mass is 10.1. The summed E-state index contributed by atoms with van der Waals surface area (Å²) in [5, 5.41) is 4.58. The predicted octanol–water partition coefficient (Wildman–Crippen LogP) is 4.49. The first-order valence-electron chi connectivity index (χ1n) is 8.49. The second-order valence-corrected chi connectivity index (χ2v) is 6.88. The van der Waals surface area contributed by atoms with E-state index < -0.39 is 5.82 Å². The minimum Gasteiger partial charge on any atom is -0.329 e. The van der Waals surface area contributed by atoms with Gasteiger partial charge >= 0.3 is 0 Å². The van der Waals surface area contributed by atoms with E-state index in [9.17, 15) is 9.18 Å². The number of alkyl halides is 1. The van der Waals surface area contributed by atoms with Crippen LogP contribution in [-0.2, 0) is 6.54 Å². The van der Waals surface area contributed by atoms with Gasteiger partial charge in [-0.2, -0.15) is 5.10 Å². The summed E-state index contributed by atoms with van der Waals surface area (Å²) in [6, 6.07) is 8.03. The number of rotatable bonds is 6. The number of halogens is 3. The molecule has 4 rings (SSSR count). The average Bonchev–Trinajstić information content (AvgIpc) is 3.31. The van der Waals surface area contributed by atoms with Crippen LogP contribution in [0.1, 0.15) is 16.9 Å². The van der Waals surface area contributed by atoms with Crippen molar-refractivity contribution in [1.82, 2.24) is 24.1 Å². The number of benzene rings is 1. The molecule has 0 amide bonds. The normalized spacial score (nSPS) is 11.2. The molecule has 0 saturated heterocycles. The molecule has 0 spiro atoms. The Labute approximate surface area is 169 Å². The number of imidazole rings is 2. The Bertz CT molecular complexity index is 1170. The highest BCUT2D eigenvalue weighted by Crippen LogP contribution is 2.32. The van der Waals surface area contributed by atoms with Crippen molar-refractivity contribution in [1.29, 1.82) is 0 Å². The molecule has 28 heavy (non-hydrogen) atoms. The lowest BCUT2D eigenvalue weighted by molar-refractivity contribution is 0.111. The molecule has 0 aliphatic rings. The zero-order valence-electron chi connectivity index (χ0n) is 14.5. The van der Waals surface area contributed by atoms with E-state index >= 15 is 0 Å². The van der Waals surface area contributed by atoms with Crippen molar-refractivity contribution in [2.24, 2.45) is 0 Å². The molecule has 3 aromatic heterocycles. The van der Waals surface area contributed by atoms with Crippen molar-refractivity contribution < 1.29 is 9.18 Å². The minimum atomic E-state index is -0.498. The smallest absolute Gasteiger partial charge is 0.170 e. The lowest BCUT2D eigenvalue weighted by Gasteiger charge is -2.10. The zero-order valence-corrected chi connectivity index (χ0v) is 16.0. The van der Waals surface area contributed by atoms with Gasteiger partial charge in [0.05, 0.1) is 28.9 Å². The van der Waals surface area contributed by atoms with Crippen molar-refractivity contribution in [2.75, 3.05) is 5.88 Å². The maximum atomic E-state index is 13.6. The Balaban J connectivity index is 1.91. The van der Waals surface area contributed by atoms with Crippen LogP contribution in [-0.4, -0.2) is 36.3 Å². The summed E-state index contributed by atoms with van der Waals surface area (Å²) in [4.78, 5) is 19.9. The number of nitrogens with zero attached hydrogens (tertiary/aromatic N) is 5. The van der Waals surface area contributed by atoms with Crippen LogP contribution in [0, 0.1) is 5.82 Å². The summed E-state index contributed by atoms with van der Waals surface area (Å²) in [7, 11) is 0. The molecular weight excluding hydrogens is 404 g/mol. The Hall–Kier alpha value is -2.77. The maximum Gasteiger partial charge on any atom is 0.170 e. The number of aryl methyl sites for hydroxylation is 1. The van der Waals surface area contributed by atoms with Gasteiger partial charge in [0.15, 0.2) is 11.9 Å². The molecule has 6 nitrogen and oxygen atoms in total. The van der Waals surface area contributed by atoms with E-state index in [2.05, 4.69) is 15.1 Å². The maximum absolute atomic E-state index is 13.6. The second-order valence-electron chi connectivity index (χ2n) is 6.10. The summed E-state index contributed by atoms with van der Waals surface area (Å²) in [5.41, 5.74) is 3.49. The third-order valence-corrected chi connectivity index (χ3v) is 4.87. The van der Waals surface area contributed by atoms with Gasteiger partial charge in [0, 0.05) is 18.0 Å². The van der Waals surface area contributed by atoms with Gasteiger partial charge in [-0.3, -0.25) is 4.79 Å². The highest BCUT2D eigenvalue weighted by atomic mass is 35.5. The van der Waals surface area contributed by atoms with Crippen molar-refractivity contribution >= 4 is 35.1 Å². The summed E-state index contributed by atoms with van der Waals surface area (Å²) >= 11 is 11.8. The van der Waals surface area contributed by atoms with Crippen LogP contribution >= 0.6 is 23.2 Å². The van der Waals surface area contributed by atoms with Crippen LogP contribution in [0.4, 0.5) is 4.39 Å². The van der Waals surface area contributed by atoms with Crippen LogP contribution in [0.25, 0.3) is 28.3 Å². The fourth-order valence-corrected chi connectivity index (χ4v) is 3.30. The topological polar surface area (TPSA) is 65.1 Å². The molecule has 0 unspecified atom stereocenters. The first-order valence-corrected chi connectivity index (χ1v) is 9.40. The Morgan fingerprint density at radius 3 is 2.79 bits per heavy atom. The number of fused-ring (bicyclic) bond motifs is 1. The lowest BCUT2D eigenvalue weighted by Crippen LogP contribution is -2.04. The number of hydrogen-bond donors (Lipinski definition) is 0. The third kappa shape index (κ3) is 3.27. The molecule has 0 bridgehead atoms. The van der Waals surface area contributed by atoms with Crippen molar-refractivity contribution in [3.8, 4) is 22.6 Å². The molecule has 0 atom stereocenters. The van der Waals surface area contributed by atoms with Crippen LogP contribution in [0.5, 0.6) is 0 Å². The van der Waals surface area contributed by atoms with Crippen LogP contribution in [0.3, 0.4) is 0 Å². The first-order chi connectivity index (χ1) is 13.6. The second kappa shape index (κ2) is 7.69. The monoisotopic (exact) mass is 417 g/mol. The SMILES string of the molecule is O=Cc1cnc2ccc(-c3c(-c4ccc(F)c(Cl)c4)ncn3CCCCl)nn12. The van der Waals surface area contributed by atoms with Gasteiger partial charge in [-0.1, -0.05) is 11.6 Å². The number of hydrogen-bond acceptors (Lipinski definition) is 4. The molecule has 0 aliphatic heterocycles. The van der Waals surface area contributed by atoms with Gasteiger partial charge in [-0.05, 0) is 36.8 Å². The molecule has 4 aromatic rings. The van der Waals surface area contributed by atoms with E-state index in [4.69, 9.17) is 23.2 Å². The summed E-state index contributed by atoms with van der Waals surface area (Å²) in [6.07, 6.45) is 4.59. The molecule has 1 aromatic carbocycles. The fourth-order valence-electron chi connectivity index (χ4n) is 3.00. The summed E-state index contributed by atoms with van der Waals surface area (Å²) in [5.74, 6) is 0.000582. The predicted molar refractivity (Wildman–Crippen MR) is 105 cm³/mol. The van der Waals surface area contributed by atoms with Crippen molar-refractivity contribution in [3.05, 3.63) is 59.4 Å². The van der Waals surface area contributed by atoms with E-state index in [0.29, 0.717) is 47.0 Å². The molecular formula is C19H14Cl2FN5O. The van der Waals surface area contributed by atoms with Crippen LogP contribution in [0.15, 0.2) is 42.9 Å². The fraction of sp³-hybridized carbons (Fsp3) is 0.158. The zero-order chi connectivity index (χ0) is 19.7. The summed E-state index contributed by atoms with van der Waals surface area (Å²) in [6.45, 7) is 0.630. The molecule has 0 radical (unpaired) electrons. The van der Waals surface area contributed by atoms with Crippen LogP contribution < -0.4 is 0 Å². The standard InChI is InChI=1S/C19H14Cl2FN5O/c20-6-1-7-26-11-24-18(12-2-3-15(22)14(21)8-12)19(26)16-4-5-17-23-9-13(10-28)27(17)25-16/h2-5,8-11H,1,6-7H2. The molecule has 9 heteroatoms. The van der Waals surface area contributed by atoms with Gasteiger partial charge in [0.1, 0.15) is 17.2 Å². The Morgan fingerprint density at radius 1 is 1.18 bits per heavy atom. The Morgan fingerprint density at radius 2 is 2.04 bits per heavy atom. The van der Waals surface area contributed by atoms with Crippen molar-refractivity contribution in [3.63, 3.8) is 0 Å². The van der Waals surface area contributed by atoms with E-state index in [1.165, 1.54) is 22.8 Å². The average molecular weight is 418 g/mol.